The summed E-state index contributed by atoms with van der Waals surface area (Å²) in [5.74, 6) is 0.631. The van der Waals surface area contributed by atoms with Gasteiger partial charge in [-0.1, -0.05) is 42.0 Å². The minimum absolute atomic E-state index is 0.0831. The van der Waals surface area contributed by atoms with Gasteiger partial charge in [-0.15, -0.1) is 11.3 Å². The molecule has 4 nitrogen and oxygen atoms in total. The van der Waals surface area contributed by atoms with E-state index in [1.807, 2.05) is 38.1 Å². The molecule has 0 aliphatic rings. The van der Waals surface area contributed by atoms with E-state index in [-0.39, 0.29) is 17.1 Å². The Hall–Kier alpha value is -2.05. The summed E-state index contributed by atoms with van der Waals surface area (Å²) in [5, 5.41) is 0.651. The van der Waals surface area contributed by atoms with Crippen molar-refractivity contribution in [1.29, 1.82) is 0 Å². The molecule has 0 amide bonds. The van der Waals surface area contributed by atoms with Crippen molar-refractivity contribution in [2.75, 3.05) is 0 Å². The van der Waals surface area contributed by atoms with E-state index >= 15 is 0 Å². The molecule has 0 aliphatic heterocycles. The second-order valence-electron chi connectivity index (χ2n) is 5.60. The zero-order valence-electron chi connectivity index (χ0n) is 13.2. The van der Waals surface area contributed by atoms with Crippen LogP contribution in [0.2, 0.25) is 0 Å². The molecule has 23 heavy (non-hydrogen) atoms. The van der Waals surface area contributed by atoms with Gasteiger partial charge in [-0.2, -0.15) is 0 Å². The van der Waals surface area contributed by atoms with Gasteiger partial charge in [0.05, 0.1) is 16.9 Å². The fourth-order valence-electron chi connectivity index (χ4n) is 2.71. The third-order valence-electron chi connectivity index (χ3n) is 3.83. The van der Waals surface area contributed by atoms with Gasteiger partial charge in [-0.25, -0.2) is 4.98 Å². The van der Waals surface area contributed by atoms with E-state index in [4.69, 9.17) is 18.0 Å². The van der Waals surface area contributed by atoms with Gasteiger partial charge in [0.15, 0.2) is 0 Å². The first-order valence-electron chi connectivity index (χ1n) is 7.24. The van der Waals surface area contributed by atoms with Crippen LogP contribution in [0.1, 0.15) is 16.3 Å². The molecule has 1 aromatic carbocycles. The number of hydrogen-bond acceptors (Lipinski definition) is 4. The summed E-state index contributed by atoms with van der Waals surface area (Å²) in [4.78, 5) is 19.7. The lowest BCUT2D eigenvalue weighted by molar-refractivity contribution is 0.753. The van der Waals surface area contributed by atoms with Crippen molar-refractivity contribution < 1.29 is 0 Å². The zero-order chi connectivity index (χ0) is 16.7. The van der Waals surface area contributed by atoms with Crippen LogP contribution in [0.25, 0.3) is 21.3 Å². The maximum atomic E-state index is 13.0. The molecule has 0 fully saturated rings. The summed E-state index contributed by atoms with van der Waals surface area (Å²) in [6.07, 6.45) is 0. The molecule has 6 heteroatoms. The first-order chi connectivity index (χ1) is 10.9. The molecule has 0 saturated carbocycles. The predicted octanol–water partition coefficient (Wildman–Crippen LogP) is 3.34. The Balaban J connectivity index is 2.34. The van der Waals surface area contributed by atoms with E-state index in [1.54, 1.807) is 22.8 Å². The molecular weight excluding hydrogens is 326 g/mol. The highest BCUT2D eigenvalue weighted by Gasteiger charge is 2.18. The highest BCUT2D eigenvalue weighted by Crippen LogP contribution is 2.35. The van der Waals surface area contributed by atoms with Crippen LogP contribution in [0.4, 0.5) is 0 Å². The van der Waals surface area contributed by atoms with Crippen molar-refractivity contribution in [2.24, 2.45) is 5.73 Å². The van der Waals surface area contributed by atoms with Crippen molar-refractivity contribution in [3.63, 3.8) is 0 Å². The van der Waals surface area contributed by atoms with Crippen molar-refractivity contribution >= 4 is 38.8 Å². The largest absolute Gasteiger partial charge is 0.392 e. The number of thiocarbonyl (C=S) groups is 1. The first-order valence-corrected chi connectivity index (χ1v) is 8.47. The van der Waals surface area contributed by atoms with Gasteiger partial charge in [-0.05, 0) is 26.3 Å². The second-order valence-corrected chi connectivity index (χ2v) is 7.32. The molecule has 0 bridgehead atoms. The average Bonchev–Trinajstić information content (AvgIpc) is 2.80. The SMILES string of the molecule is Cc1ccc(-c2c(C)sc3nc(C)n(CC(N)=S)c(=O)c23)cc1. The first kappa shape index (κ1) is 15.8. The number of hydrogen-bond donors (Lipinski definition) is 1. The average molecular weight is 343 g/mol. The van der Waals surface area contributed by atoms with E-state index in [0.29, 0.717) is 11.2 Å². The van der Waals surface area contributed by atoms with Crippen LogP contribution in [-0.4, -0.2) is 14.5 Å². The van der Waals surface area contributed by atoms with E-state index in [0.717, 1.165) is 20.8 Å². The third-order valence-corrected chi connectivity index (χ3v) is 4.96. The van der Waals surface area contributed by atoms with Gasteiger partial charge in [0.2, 0.25) is 0 Å². The lowest BCUT2D eigenvalue weighted by Crippen LogP contribution is -2.29. The van der Waals surface area contributed by atoms with Crippen LogP contribution in [0.5, 0.6) is 0 Å². The quantitative estimate of drug-likeness (QED) is 0.741. The molecule has 3 aromatic rings. The van der Waals surface area contributed by atoms with E-state index in [1.165, 1.54) is 5.56 Å². The van der Waals surface area contributed by atoms with E-state index < -0.39 is 0 Å². The minimum atomic E-state index is -0.0831. The Bertz CT molecular complexity index is 968. The van der Waals surface area contributed by atoms with Crippen molar-refractivity contribution in [1.82, 2.24) is 9.55 Å². The highest BCUT2D eigenvalue weighted by molar-refractivity contribution is 7.80. The van der Waals surface area contributed by atoms with Gasteiger partial charge in [0.25, 0.3) is 5.56 Å². The Morgan fingerprint density at radius 1 is 1.26 bits per heavy atom. The van der Waals surface area contributed by atoms with Crippen LogP contribution in [0, 0.1) is 20.8 Å². The standard InChI is InChI=1S/C17H17N3OS2/c1-9-4-6-12(7-5-9)14-10(2)23-16-15(14)17(21)20(8-13(18)22)11(3)19-16/h4-7H,8H2,1-3H3,(H2,18,22). The summed E-state index contributed by atoms with van der Waals surface area (Å²) < 4.78 is 1.55. The molecular formula is C17H17N3OS2. The van der Waals surface area contributed by atoms with E-state index in [9.17, 15) is 4.79 Å². The van der Waals surface area contributed by atoms with Gasteiger partial charge < -0.3 is 5.73 Å². The maximum absolute atomic E-state index is 13.0. The molecule has 2 aromatic heterocycles. The fourth-order valence-corrected chi connectivity index (χ4v) is 3.92. The van der Waals surface area contributed by atoms with Gasteiger partial charge in [0, 0.05) is 10.4 Å². The lowest BCUT2D eigenvalue weighted by atomic mass is 10.0. The molecule has 0 aliphatic carbocycles. The number of thiophene rings is 1. The molecule has 0 saturated heterocycles. The summed E-state index contributed by atoms with van der Waals surface area (Å²) in [6.45, 7) is 6.08. The van der Waals surface area contributed by atoms with Crippen LogP contribution >= 0.6 is 23.6 Å². The Morgan fingerprint density at radius 3 is 2.52 bits per heavy atom. The summed E-state index contributed by atoms with van der Waals surface area (Å²) in [6, 6.07) is 8.18. The molecule has 118 valence electrons. The van der Waals surface area contributed by atoms with Crippen molar-refractivity contribution in [3.05, 3.63) is 50.9 Å². The molecule has 0 atom stereocenters. The highest BCUT2D eigenvalue weighted by atomic mass is 32.1. The fraction of sp³-hybridized carbons (Fsp3) is 0.235. The number of nitrogens with zero attached hydrogens (tertiary/aromatic N) is 2. The monoisotopic (exact) mass is 343 g/mol. The molecule has 2 N–H and O–H groups in total. The maximum Gasteiger partial charge on any atom is 0.263 e. The second kappa shape index (κ2) is 5.86. The Morgan fingerprint density at radius 2 is 1.91 bits per heavy atom. The number of aryl methyl sites for hydroxylation is 3. The lowest BCUT2D eigenvalue weighted by Gasteiger charge is -2.09. The number of benzene rings is 1. The minimum Gasteiger partial charge on any atom is -0.392 e. The molecule has 3 rings (SSSR count). The Kier molecular flexibility index (Phi) is 4.04. The molecule has 0 radical (unpaired) electrons. The van der Waals surface area contributed by atoms with Crippen LogP contribution in [0.15, 0.2) is 29.1 Å². The topological polar surface area (TPSA) is 60.9 Å². The Labute approximate surface area is 143 Å². The van der Waals surface area contributed by atoms with Gasteiger partial charge in [0.1, 0.15) is 10.7 Å². The number of aromatic nitrogens is 2. The van der Waals surface area contributed by atoms with Crippen LogP contribution in [-0.2, 0) is 6.54 Å². The van der Waals surface area contributed by atoms with Crippen molar-refractivity contribution in [3.8, 4) is 11.1 Å². The summed E-state index contributed by atoms with van der Waals surface area (Å²) in [5.41, 5.74) is 8.72. The van der Waals surface area contributed by atoms with Crippen molar-refractivity contribution in [2.45, 2.75) is 27.3 Å². The zero-order valence-corrected chi connectivity index (χ0v) is 14.8. The number of fused-ring (bicyclic) bond motifs is 1. The van der Waals surface area contributed by atoms with Gasteiger partial charge >= 0.3 is 0 Å². The molecule has 2 heterocycles. The predicted molar refractivity (Wildman–Crippen MR) is 100 cm³/mol. The number of nitrogens with two attached hydrogens (primary N) is 1. The smallest absolute Gasteiger partial charge is 0.263 e. The summed E-state index contributed by atoms with van der Waals surface area (Å²) >= 11 is 6.50. The molecule has 0 unspecified atom stereocenters. The summed E-state index contributed by atoms with van der Waals surface area (Å²) in [7, 11) is 0. The number of rotatable bonds is 3. The van der Waals surface area contributed by atoms with E-state index in [2.05, 4.69) is 4.98 Å². The normalized spacial score (nSPS) is 11.1. The molecule has 0 spiro atoms. The van der Waals surface area contributed by atoms with Crippen LogP contribution in [0.3, 0.4) is 0 Å². The van der Waals surface area contributed by atoms with Crippen LogP contribution < -0.4 is 11.3 Å². The third kappa shape index (κ3) is 2.80. The van der Waals surface area contributed by atoms with Gasteiger partial charge in [-0.3, -0.25) is 9.36 Å².